The Labute approximate surface area is 139 Å². The van der Waals surface area contributed by atoms with Gasteiger partial charge in [-0.3, -0.25) is 4.79 Å². The molecule has 0 saturated heterocycles. The minimum absolute atomic E-state index is 0.102. The number of amides is 1. The van der Waals surface area contributed by atoms with Crippen molar-refractivity contribution >= 4 is 55.6 Å². The van der Waals surface area contributed by atoms with Crippen molar-refractivity contribution in [3.63, 3.8) is 0 Å². The summed E-state index contributed by atoms with van der Waals surface area (Å²) in [6.45, 7) is 0. The lowest BCUT2D eigenvalue weighted by molar-refractivity contribution is -0.115. The molecule has 0 spiro atoms. The zero-order valence-corrected chi connectivity index (χ0v) is 14.1. The van der Waals surface area contributed by atoms with Crippen molar-refractivity contribution in [1.82, 2.24) is 0 Å². The third kappa shape index (κ3) is 4.49. The fourth-order valence-corrected chi connectivity index (χ4v) is 3.79. The van der Waals surface area contributed by atoms with Gasteiger partial charge in [0.15, 0.2) is 0 Å². The molecule has 1 aromatic carbocycles. The van der Waals surface area contributed by atoms with Gasteiger partial charge in [-0.05, 0) is 29.6 Å². The number of benzene rings is 1. The molecular formula is C14H12BrN3OS2. The summed E-state index contributed by atoms with van der Waals surface area (Å²) in [5.74, 6) is 0.523. The van der Waals surface area contributed by atoms with Crippen molar-refractivity contribution in [2.24, 2.45) is 0 Å². The highest BCUT2D eigenvalue weighted by molar-refractivity contribution is 9.10. The maximum atomic E-state index is 11.9. The summed E-state index contributed by atoms with van der Waals surface area (Å²) < 4.78 is 0.959. The fraction of sp³-hybridized carbons (Fsp3) is 0.143. The number of nitriles is 1. The Balaban J connectivity index is 1.85. The number of nitrogens with two attached hydrogens (primary N) is 1. The SMILES string of the molecule is N#Cc1ccsc1NC(=O)CCSc1cc(Br)ccc1N. The summed E-state index contributed by atoms with van der Waals surface area (Å²) in [6.07, 6.45) is 0.361. The number of hydrogen-bond acceptors (Lipinski definition) is 5. The van der Waals surface area contributed by atoms with Crippen LogP contribution >= 0.6 is 39.0 Å². The van der Waals surface area contributed by atoms with Crippen molar-refractivity contribution < 1.29 is 4.79 Å². The third-order valence-electron chi connectivity index (χ3n) is 2.60. The molecule has 0 atom stereocenters. The molecule has 1 aromatic heterocycles. The van der Waals surface area contributed by atoms with E-state index in [0.717, 1.165) is 9.37 Å². The highest BCUT2D eigenvalue weighted by Crippen LogP contribution is 2.29. The first-order valence-electron chi connectivity index (χ1n) is 6.05. The number of carbonyl (C=O) groups is 1. The summed E-state index contributed by atoms with van der Waals surface area (Å²) in [5, 5.41) is 14.0. The number of nitrogen functional groups attached to an aromatic ring is 1. The molecular weight excluding hydrogens is 370 g/mol. The van der Waals surface area contributed by atoms with Gasteiger partial charge in [-0.1, -0.05) is 15.9 Å². The Hall–Kier alpha value is -1.49. The minimum atomic E-state index is -0.102. The van der Waals surface area contributed by atoms with Crippen LogP contribution in [0.15, 0.2) is 39.0 Å². The van der Waals surface area contributed by atoms with E-state index in [-0.39, 0.29) is 5.91 Å². The standard InChI is InChI=1S/C14H12BrN3OS2/c15-10-1-2-11(17)12(7-10)20-6-4-13(19)18-14-9(8-16)3-5-21-14/h1-3,5,7H,4,6,17H2,(H,18,19). The average Bonchev–Trinajstić information content (AvgIpc) is 2.89. The molecule has 1 heterocycles. The molecule has 1 amide bonds. The van der Waals surface area contributed by atoms with E-state index in [9.17, 15) is 4.79 Å². The Morgan fingerprint density at radius 1 is 1.48 bits per heavy atom. The highest BCUT2D eigenvalue weighted by atomic mass is 79.9. The predicted octanol–water partition coefficient (Wildman–Crippen LogP) is 4.09. The smallest absolute Gasteiger partial charge is 0.225 e. The number of thioether (sulfide) groups is 1. The lowest BCUT2D eigenvalue weighted by Gasteiger charge is -2.06. The topological polar surface area (TPSA) is 78.9 Å². The molecule has 0 aliphatic heterocycles. The summed E-state index contributed by atoms with van der Waals surface area (Å²) in [4.78, 5) is 12.8. The first kappa shape index (κ1) is 15.9. The molecule has 21 heavy (non-hydrogen) atoms. The normalized spacial score (nSPS) is 10.1. The molecule has 3 N–H and O–H groups in total. The molecule has 0 radical (unpaired) electrons. The molecule has 0 fully saturated rings. The van der Waals surface area contributed by atoms with Crippen molar-refractivity contribution in [3.05, 3.63) is 39.7 Å². The van der Waals surface area contributed by atoms with Crippen LogP contribution in [-0.4, -0.2) is 11.7 Å². The molecule has 0 aliphatic carbocycles. The van der Waals surface area contributed by atoms with Gasteiger partial charge in [-0.2, -0.15) is 5.26 Å². The van der Waals surface area contributed by atoms with Crippen LogP contribution in [0.3, 0.4) is 0 Å². The zero-order valence-electron chi connectivity index (χ0n) is 10.9. The van der Waals surface area contributed by atoms with E-state index < -0.39 is 0 Å². The van der Waals surface area contributed by atoms with Gasteiger partial charge < -0.3 is 11.1 Å². The maximum Gasteiger partial charge on any atom is 0.225 e. The van der Waals surface area contributed by atoms with Gasteiger partial charge in [-0.15, -0.1) is 23.1 Å². The maximum absolute atomic E-state index is 11.9. The molecule has 0 saturated carbocycles. The Morgan fingerprint density at radius 2 is 2.29 bits per heavy atom. The second-order valence-corrected chi connectivity index (χ2v) is 7.07. The minimum Gasteiger partial charge on any atom is -0.398 e. The number of nitrogens with zero attached hydrogens (tertiary/aromatic N) is 1. The Kier molecular flexibility index (Phi) is 5.67. The molecule has 108 valence electrons. The van der Waals surface area contributed by atoms with E-state index >= 15 is 0 Å². The molecule has 2 rings (SSSR count). The highest BCUT2D eigenvalue weighted by Gasteiger charge is 2.09. The Morgan fingerprint density at radius 3 is 3.05 bits per heavy atom. The van der Waals surface area contributed by atoms with E-state index in [1.54, 1.807) is 11.4 Å². The molecule has 0 aliphatic rings. The van der Waals surface area contributed by atoms with E-state index in [2.05, 4.69) is 21.2 Å². The summed E-state index contributed by atoms with van der Waals surface area (Å²) >= 11 is 6.28. The van der Waals surface area contributed by atoms with Crippen LogP contribution in [0.2, 0.25) is 0 Å². The van der Waals surface area contributed by atoms with Crippen molar-refractivity contribution in [2.45, 2.75) is 11.3 Å². The Bertz CT molecular complexity index is 694. The van der Waals surface area contributed by atoms with Crippen LogP contribution < -0.4 is 11.1 Å². The third-order valence-corrected chi connectivity index (χ3v) is 5.00. The molecule has 4 nitrogen and oxygen atoms in total. The van der Waals surface area contributed by atoms with Crippen LogP contribution in [0.5, 0.6) is 0 Å². The van der Waals surface area contributed by atoms with Crippen LogP contribution in [0.25, 0.3) is 0 Å². The van der Waals surface area contributed by atoms with E-state index in [4.69, 9.17) is 11.0 Å². The van der Waals surface area contributed by atoms with Gasteiger partial charge in [0.05, 0.1) is 5.56 Å². The zero-order chi connectivity index (χ0) is 15.2. The predicted molar refractivity (Wildman–Crippen MR) is 91.6 cm³/mol. The number of rotatable bonds is 5. The van der Waals surface area contributed by atoms with Crippen LogP contribution in [0, 0.1) is 11.3 Å². The lowest BCUT2D eigenvalue weighted by Crippen LogP contribution is -2.11. The molecule has 0 unspecified atom stereocenters. The van der Waals surface area contributed by atoms with Crippen molar-refractivity contribution in [1.29, 1.82) is 5.26 Å². The number of halogens is 1. The second-order valence-electron chi connectivity index (χ2n) is 4.10. The van der Waals surface area contributed by atoms with Crippen LogP contribution in [-0.2, 0) is 4.79 Å². The van der Waals surface area contributed by atoms with Crippen LogP contribution in [0.4, 0.5) is 10.7 Å². The first-order chi connectivity index (χ1) is 10.1. The number of thiophene rings is 1. The lowest BCUT2D eigenvalue weighted by atomic mass is 10.3. The van der Waals surface area contributed by atoms with Gasteiger partial charge >= 0.3 is 0 Å². The second kappa shape index (κ2) is 7.50. The summed E-state index contributed by atoms with van der Waals surface area (Å²) in [7, 11) is 0. The first-order valence-corrected chi connectivity index (χ1v) is 8.71. The largest absolute Gasteiger partial charge is 0.398 e. The summed E-state index contributed by atoms with van der Waals surface area (Å²) in [6, 6.07) is 9.38. The van der Waals surface area contributed by atoms with Gasteiger partial charge in [0.2, 0.25) is 5.91 Å². The van der Waals surface area contributed by atoms with E-state index in [0.29, 0.717) is 28.4 Å². The van der Waals surface area contributed by atoms with Gasteiger partial charge in [0.25, 0.3) is 0 Å². The van der Waals surface area contributed by atoms with Crippen molar-refractivity contribution in [2.75, 3.05) is 16.8 Å². The van der Waals surface area contributed by atoms with Crippen LogP contribution in [0.1, 0.15) is 12.0 Å². The molecule has 2 aromatic rings. The number of anilines is 2. The quantitative estimate of drug-likeness (QED) is 0.603. The number of carbonyl (C=O) groups excluding carboxylic acids is 1. The van der Waals surface area contributed by atoms with E-state index in [1.807, 2.05) is 24.3 Å². The monoisotopic (exact) mass is 381 g/mol. The number of hydrogen-bond donors (Lipinski definition) is 2. The van der Waals surface area contributed by atoms with Gasteiger partial charge in [-0.25, -0.2) is 0 Å². The average molecular weight is 382 g/mol. The van der Waals surface area contributed by atoms with Crippen molar-refractivity contribution in [3.8, 4) is 6.07 Å². The summed E-state index contributed by atoms with van der Waals surface area (Å²) in [5.41, 5.74) is 7.08. The molecule has 7 heteroatoms. The van der Waals surface area contributed by atoms with Gasteiger partial charge in [0.1, 0.15) is 11.1 Å². The number of nitrogens with one attached hydrogen (secondary N) is 1. The van der Waals surface area contributed by atoms with E-state index in [1.165, 1.54) is 23.1 Å². The van der Waals surface area contributed by atoms with Gasteiger partial charge in [0, 0.05) is 27.2 Å². The molecule has 0 bridgehead atoms. The fourth-order valence-electron chi connectivity index (χ4n) is 1.57.